The van der Waals surface area contributed by atoms with E-state index < -0.39 is 24.3 Å². The first-order chi connectivity index (χ1) is 29.4. The van der Waals surface area contributed by atoms with Crippen molar-refractivity contribution < 1.29 is 28.7 Å². The Morgan fingerprint density at radius 2 is 1.07 bits per heavy atom. The van der Waals surface area contributed by atoms with Crippen molar-refractivity contribution in [3.05, 3.63) is 70.6 Å². The van der Waals surface area contributed by atoms with Gasteiger partial charge < -0.3 is 39.9 Å². The van der Waals surface area contributed by atoms with E-state index in [-0.39, 0.29) is 35.7 Å². The first kappa shape index (κ1) is 42.0. The van der Waals surface area contributed by atoms with E-state index in [4.69, 9.17) is 19.4 Å². The monoisotopic (exact) mass is 832 g/mol. The number of nitrogens with one attached hydrogen (secondary N) is 4. The molecule has 14 heteroatoms. The Labute approximate surface area is 358 Å². The number of H-pyrrole nitrogens is 2. The standard InChI is InChI=1S/C47H60N8O6/c1-26(2)38(52-46(58)60-5)44(56)54-22-8-7-16-36(54)42-48-34-14-9-12-30-24-28(18-20-32(30)40(34)50-42)29-19-21-33-31(25-29)13-10-15-35-41(33)51-43(49-35)37-17-11-23-55(37)45(57)39(27(3)4)53-47(59)61-6/h18-21,24-27,36-39H,7-17,22-23H2,1-6H3,(H,48,50)(H,49,51)(H,52,58)(H,53,59)/t36-,37-,38-,39-/m0/s1. The van der Waals surface area contributed by atoms with Gasteiger partial charge in [-0.05, 0) is 105 Å². The van der Waals surface area contributed by atoms with Crippen molar-refractivity contribution in [2.24, 2.45) is 11.8 Å². The molecule has 4 atom stereocenters. The van der Waals surface area contributed by atoms with Crippen molar-refractivity contribution in [3.63, 3.8) is 0 Å². The van der Waals surface area contributed by atoms with Gasteiger partial charge in [-0.2, -0.15) is 0 Å². The predicted octanol–water partition coefficient (Wildman–Crippen LogP) is 7.59. The number of hydrogen-bond acceptors (Lipinski definition) is 8. The fraction of sp³-hybridized carbons (Fsp3) is 0.532. The topological polar surface area (TPSA) is 175 Å². The van der Waals surface area contributed by atoms with Crippen LogP contribution in [0.5, 0.6) is 0 Å². The van der Waals surface area contributed by atoms with Crippen LogP contribution < -0.4 is 10.6 Å². The molecular weight excluding hydrogens is 773 g/mol. The largest absolute Gasteiger partial charge is 0.453 e. The first-order valence-electron chi connectivity index (χ1n) is 22.2. The number of nitrogens with zero attached hydrogens (tertiary/aromatic N) is 4. The molecule has 0 unspecified atom stereocenters. The van der Waals surface area contributed by atoms with Gasteiger partial charge in [-0.1, -0.05) is 64.1 Å². The molecule has 0 spiro atoms. The second-order valence-corrected chi connectivity index (χ2v) is 17.8. The van der Waals surface area contributed by atoms with Gasteiger partial charge in [-0.15, -0.1) is 0 Å². The highest BCUT2D eigenvalue weighted by molar-refractivity contribution is 5.87. The third-order valence-corrected chi connectivity index (χ3v) is 13.1. The number of carbonyl (C=O) groups is 4. The molecule has 2 aromatic carbocycles. The number of alkyl carbamates (subject to hydrolysis) is 2. The molecule has 4 aromatic rings. The third-order valence-electron chi connectivity index (χ3n) is 13.1. The Morgan fingerprint density at radius 1 is 0.623 bits per heavy atom. The summed E-state index contributed by atoms with van der Waals surface area (Å²) in [5.41, 5.74) is 11.2. The summed E-state index contributed by atoms with van der Waals surface area (Å²) in [6.45, 7) is 8.94. The number of methoxy groups -OCH3 is 2. The second-order valence-electron chi connectivity index (χ2n) is 17.8. The molecule has 0 saturated carbocycles. The highest BCUT2D eigenvalue weighted by atomic mass is 16.5. The number of hydrogen-bond donors (Lipinski definition) is 4. The van der Waals surface area contributed by atoms with Gasteiger partial charge in [0.1, 0.15) is 23.7 Å². The van der Waals surface area contributed by atoms with Crippen LogP contribution in [-0.4, -0.2) is 93.1 Å². The quantitative estimate of drug-likeness (QED) is 0.134. The number of amides is 4. The number of fused-ring (bicyclic) bond motifs is 6. The van der Waals surface area contributed by atoms with Gasteiger partial charge in [-0.3, -0.25) is 9.59 Å². The smallest absolute Gasteiger partial charge is 0.407 e. The van der Waals surface area contributed by atoms with Crippen LogP contribution in [0.3, 0.4) is 0 Å². The second kappa shape index (κ2) is 17.7. The van der Waals surface area contributed by atoms with Crippen LogP contribution in [0.4, 0.5) is 9.59 Å². The third kappa shape index (κ3) is 8.37. The molecule has 2 saturated heterocycles. The van der Waals surface area contributed by atoms with E-state index in [9.17, 15) is 19.2 Å². The molecule has 4 aliphatic rings. The molecule has 14 nitrogen and oxygen atoms in total. The van der Waals surface area contributed by atoms with E-state index in [0.29, 0.717) is 13.1 Å². The normalized spacial score (nSPS) is 19.5. The number of aryl methyl sites for hydroxylation is 4. The molecule has 2 aliphatic carbocycles. The lowest BCUT2D eigenvalue weighted by molar-refractivity contribution is -0.138. The Hall–Kier alpha value is -5.66. The molecule has 4 heterocycles. The number of aromatic amines is 2. The number of imidazole rings is 2. The van der Waals surface area contributed by atoms with E-state index in [1.807, 2.05) is 37.5 Å². The molecule has 0 bridgehead atoms. The van der Waals surface area contributed by atoms with Gasteiger partial charge in [-0.25, -0.2) is 19.6 Å². The number of aromatic nitrogens is 4. The van der Waals surface area contributed by atoms with Crippen molar-refractivity contribution in [2.75, 3.05) is 27.3 Å². The van der Waals surface area contributed by atoms with Gasteiger partial charge in [0.15, 0.2) is 0 Å². The van der Waals surface area contributed by atoms with E-state index in [0.717, 1.165) is 127 Å². The fourth-order valence-corrected chi connectivity index (χ4v) is 9.87. The van der Waals surface area contributed by atoms with E-state index in [1.54, 1.807) is 0 Å². The van der Waals surface area contributed by atoms with Gasteiger partial charge >= 0.3 is 12.2 Å². The zero-order valence-corrected chi connectivity index (χ0v) is 36.4. The molecule has 0 radical (unpaired) electrons. The number of likely N-dealkylation sites (tertiary alicyclic amines) is 2. The maximum absolute atomic E-state index is 14.0. The maximum atomic E-state index is 14.0. The average molecular weight is 833 g/mol. The molecule has 2 fully saturated rings. The summed E-state index contributed by atoms with van der Waals surface area (Å²) in [6.07, 6.45) is 8.74. The summed E-state index contributed by atoms with van der Waals surface area (Å²) in [6, 6.07) is 11.7. The predicted molar refractivity (Wildman–Crippen MR) is 231 cm³/mol. The fourth-order valence-electron chi connectivity index (χ4n) is 9.87. The zero-order chi connectivity index (χ0) is 42.9. The molecule has 61 heavy (non-hydrogen) atoms. The lowest BCUT2D eigenvalue weighted by Gasteiger charge is -2.37. The summed E-state index contributed by atoms with van der Waals surface area (Å²) in [5.74, 6) is 1.19. The van der Waals surface area contributed by atoms with Crippen LogP contribution in [0.25, 0.3) is 33.6 Å². The number of rotatable bonds is 9. The first-order valence-corrected chi connectivity index (χ1v) is 22.2. The summed E-state index contributed by atoms with van der Waals surface area (Å²) < 4.78 is 9.66. The lowest BCUT2D eigenvalue weighted by atomic mass is 9.93. The minimum atomic E-state index is -0.686. The highest BCUT2D eigenvalue weighted by Gasteiger charge is 2.39. The van der Waals surface area contributed by atoms with Crippen molar-refractivity contribution in [2.45, 2.75) is 122 Å². The van der Waals surface area contributed by atoms with Crippen molar-refractivity contribution in [3.8, 4) is 33.6 Å². The van der Waals surface area contributed by atoms with Crippen LogP contribution in [0.1, 0.15) is 119 Å². The molecule has 8 rings (SSSR count). The van der Waals surface area contributed by atoms with Gasteiger partial charge in [0.05, 0.1) is 37.7 Å². The van der Waals surface area contributed by atoms with Crippen molar-refractivity contribution >= 4 is 24.0 Å². The molecular formula is C47H60N8O6. The molecule has 2 aromatic heterocycles. The number of piperidine rings is 1. The minimum Gasteiger partial charge on any atom is -0.453 e. The molecule has 324 valence electrons. The van der Waals surface area contributed by atoms with Crippen LogP contribution >= 0.6 is 0 Å². The van der Waals surface area contributed by atoms with Gasteiger partial charge in [0.25, 0.3) is 0 Å². The Morgan fingerprint density at radius 3 is 1.51 bits per heavy atom. The molecule has 4 N–H and O–H groups in total. The van der Waals surface area contributed by atoms with Crippen molar-refractivity contribution in [1.29, 1.82) is 0 Å². The summed E-state index contributed by atoms with van der Waals surface area (Å²) >= 11 is 0. The van der Waals surface area contributed by atoms with Crippen molar-refractivity contribution in [1.82, 2.24) is 40.4 Å². The average Bonchev–Trinajstić information content (AvgIpc) is 3.98. The van der Waals surface area contributed by atoms with Crippen LogP contribution in [0, 0.1) is 11.8 Å². The zero-order valence-electron chi connectivity index (χ0n) is 36.4. The van der Waals surface area contributed by atoms with E-state index >= 15 is 0 Å². The molecule has 2 aliphatic heterocycles. The Bertz CT molecular complexity index is 2300. The summed E-state index contributed by atoms with van der Waals surface area (Å²) in [7, 11) is 2.62. The number of ether oxygens (including phenoxy) is 2. The number of benzene rings is 2. The summed E-state index contributed by atoms with van der Waals surface area (Å²) in [4.78, 5) is 73.6. The van der Waals surface area contributed by atoms with Crippen LogP contribution in [-0.2, 0) is 44.7 Å². The molecule has 4 amide bonds. The van der Waals surface area contributed by atoms with Gasteiger partial charge in [0.2, 0.25) is 11.8 Å². The van der Waals surface area contributed by atoms with Crippen LogP contribution in [0.15, 0.2) is 36.4 Å². The maximum Gasteiger partial charge on any atom is 0.407 e. The van der Waals surface area contributed by atoms with E-state index in [2.05, 4.69) is 57.0 Å². The Balaban J connectivity index is 1.04. The van der Waals surface area contributed by atoms with Crippen LogP contribution in [0.2, 0.25) is 0 Å². The summed E-state index contributed by atoms with van der Waals surface area (Å²) in [5, 5.41) is 5.51. The van der Waals surface area contributed by atoms with Gasteiger partial charge in [0, 0.05) is 35.6 Å². The van der Waals surface area contributed by atoms with E-state index in [1.165, 1.54) is 25.3 Å². The lowest BCUT2D eigenvalue weighted by Crippen LogP contribution is -2.53. The Kier molecular flexibility index (Phi) is 12.2. The SMILES string of the molecule is COC(=O)N[C@H](C(=O)N1CCCC[C@H]1c1nc2c([nH]1)CCCc1cc(-c3ccc4c(c3)CCCc3[nH]c([C@@H]5CCCN5C(=O)[C@@H](NC(=O)OC)C(C)C)nc3-4)ccc1-2)C(C)C. The highest BCUT2D eigenvalue weighted by Crippen LogP contribution is 2.41. The minimum absolute atomic E-state index is 0.100. The number of carbonyl (C=O) groups excluding carboxylic acids is 4.